The second-order valence-corrected chi connectivity index (χ2v) is 4.23. The van der Waals surface area contributed by atoms with Crippen LogP contribution in [0.25, 0.3) is 0 Å². The average Bonchev–Trinajstić information content (AvgIpc) is 2.29. The zero-order valence-electron chi connectivity index (χ0n) is 9.95. The largest absolute Gasteiger partial charge is 0.481 e. The molecule has 2 amide bonds. The summed E-state index contributed by atoms with van der Waals surface area (Å²) < 4.78 is 0. The van der Waals surface area contributed by atoms with Crippen molar-refractivity contribution in [3.05, 3.63) is 12.2 Å². The fourth-order valence-corrected chi connectivity index (χ4v) is 1.76. The molecular formula is C12H20N2O3. The van der Waals surface area contributed by atoms with Crippen LogP contribution in [0.3, 0.4) is 0 Å². The van der Waals surface area contributed by atoms with Crippen molar-refractivity contribution < 1.29 is 14.7 Å². The fourth-order valence-electron chi connectivity index (χ4n) is 1.76. The topological polar surface area (TPSA) is 78.4 Å². The Balaban J connectivity index is 2.01. The Morgan fingerprint density at radius 3 is 2.76 bits per heavy atom. The van der Waals surface area contributed by atoms with E-state index in [0.717, 1.165) is 19.3 Å². The number of unbranched alkanes of at least 4 members (excludes halogenated alkanes) is 1. The highest BCUT2D eigenvalue weighted by molar-refractivity contribution is 5.74. The van der Waals surface area contributed by atoms with E-state index in [0.29, 0.717) is 19.4 Å². The molecule has 5 nitrogen and oxygen atoms in total. The second-order valence-electron chi connectivity index (χ2n) is 4.23. The second kappa shape index (κ2) is 7.70. The number of carbonyl (C=O) groups excluding carboxylic acids is 1. The van der Waals surface area contributed by atoms with E-state index in [2.05, 4.69) is 22.8 Å². The SMILES string of the molecule is O=C(O)CCCCNC(=O)NC1CC=CCC1. The molecule has 1 atom stereocenters. The lowest BCUT2D eigenvalue weighted by molar-refractivity contribution is -0.137. The van der Waals surface area contributed by atoms with E-state index in [1.165, 1.54) is 0 Å². The van der Waals surface area contributed by atoms with Gasteiger partial charge in [0.25, 0.3) is 0 Å². The van der Waals surface area contributed by atoms with Gasteiger partial charge in [0.05, 0.1) is 0 Å². The Morgan fingerprint density at radius 1 is 1.29 bits per heavy atom. The third kappa shape index (κ3) is 6.60. The summed E-state index contributed by atoms with van der Waals surface area (Å²) in [6.07, 6.45) is 8.57. The Bertz CT molecular complexity index is 289. The van der Waals surface area contributed by atoms with Gasteiger partial charge in [0, 0.05) is 19.0 Å². The van der Waals surface area contributed by atoms with Gasteiger partial charge in [0.15, 0.2) is 0 Å². The van der Waals surface area contributed by atoms with Crippen molar-refractivity contribution in [2.24, 2.45) is 0 Å². The van der Waals surface area contributed by atoms with E-state index >= 15 is 0 Å². The maximum atomic E-state index is 11.4. The molecule has 0 heterocycles. The van der Waals surface area contributed by atoms with E-state index in [-0.39, 0.29) is 18.5 Å². The molecule has 17 heavy (non-hydrogen) atoms. The van der Waals surface area contributed by atoms with Gasteiger partial charge in [-0.3, -0.25) is 4.79 Å². The fraction of sp³-hybridized carbons (Fsp3) is 0.667. The standard InChI is InChI=1S/C12H20N2O3/c15-11(16)8-4-5-9-13-12(17)14-10-6-2-1-3-7-10/h1-2,10H,3-9H2,(H,15,16)(H2,13,14,17). The van der Waals surface area contributed by atoms with Crippen LogP contribution in [-0.2, 0) is 4.79 Å². The van der Waals surface area contributed by atoms with Crippen molar-refractivity contribution >= 4 is 12.0 Å². The van der Waals surface area contributed by atoms with Gasteiger partial charge < -0.3 is 15.7 Å². The number of hydrogen-bond acceptors (Lipinski definition) is 2. The van der Waals surface area contributed by atoms with Gasteiger partial charge in [0.1, 0.15) is 0 Å². The number of carboxylic acid groups (broad SMARTS) is 1. The first-order valence-corrected chi connectivity index (χ1v) is 6.09. The van der Waals surface area contributed by atoms with Crippen molar-refractivity contribution in [1.29, 1.82) is 0 Å². The summed E-state index contributed by atoms with van der Waals surface area (Å²) in [5.74, 6) is -0.788. The molecule has 0 saturated carbocycles. The first kappa shape index (κ1) is 13.5. The first-order valence-electron chi connectivity index (χ1n) is 6.09. The van der Waals surface area contributed by atoms with Gasteiger partial charge in [0.2, 0.25) is 0 Å². The van der Waals surface area contributed by atoms with Gasteiger partial charge in [-0.05, 0) is 32.1 Å². The monoisotopic (exact) mass is 240 g/mol. The summed E-state index contributed by atoms with van der Waals surface area (Å²) in [5, 5.41) is 14.1. The molecule has 0 aromatic heterocycles. The van der Waals surface area contributed by atoms with Crippen LogP contribution in [0, 0.1) is 0 Å². The number of carboxylic acids is 1. The molecule has 96 valence electrons. The molecule has 3 N–H and O–H groups in total. The zero-order chi connectivity index (χ0) is 12.5. The van der Waals surface area contributed by atoms with E-state index < -0.39 is 5.97 Å². The maximum Gasteiger partial charge on any atom is 0.315 e. The molecule has 5 heteroatoms. The van der Waals surface area contributed by atoms with E-state index in [1.54, 1.807) is 0 Å². The number of allylic oxidation sites excluding steroid dienone is 1. The van der Waals surface area contributed by atoms with Crippen molar-refractivity contribution in [1.82, 2.24) is 10.6 Å². The van der Waals surface area contributed by atoms with Crippen LogP contribution >= 0.6 is 0 Å². The number of amides is 2. The minimum absolute atomic E-state index is 0.152. The van der Waals surface area contributed by atoms with Crippen LogP contribution < -0.4 is 10.6 Å². The van der Waals surface area contributed by atoms with Crippen LogP contribution in [0.4, 0.5) is 4.79 Å². The highest BCUT2D eigenvalue weighted by Crippen LogP contribution is 2.09. The normalized spacial score (nSPS) is 18.7. The van der Waals surface area contributed by atoms with Crippen molar-refractivity contribution in [3.8, 4) is 0 Å². The van der Waals surface area contributed by atoms with Gasteiger partial charge in [-0.1, -0.05) is 12.2 Å². The predicted molar refractivity (Wildman–Crippen MR) is 64.8 cm³/mol. The number of rotatable bonds is 6. The highest BCUT2D eigenvalue weighted by atomic mass is 16.4. The third-order valence-electron chi connectivity index (χ3n) is 2.71. The summed E-state index contributed by atoms with van der Waals surface area (Å²) in [7, 11) is 0. The molecule has 0 spiro atoms. The minimum atomic E-state index is -0.788. The van der Waals surface area contributed by atoms with Crippen molar-refractivity contribution in [3.63, 3.8) is 0 Å². The van der Waals surface area contributed by atoms with Gasteiger partial charge in [-0.25, -0.2) is 4.79 Å². The molecule has 0 fully saturated rings. The lowest BCUT2D eigenvalue weighted by atomic mass is 10.0. The molecular weight excluding hydrogens is 220 g/mol. The van der Waals surface area contributed by atoms with Crippen LogP contribution in [0.1, 0.15) is 38.5 Å². The average molecular weight is 240 g/mol. The number of hydrogen-bond donors (Lipinski definition) is 3. The maximum absolute atomic E-state index is 11.4. The Hall–Kier alpha value is -1.52. The molecule has 0 radical (unpaired) electrons. The molecule has 0 aliphatic heterocycles. The van der Waals surface area contributed by atoms with Crippen LogP contribution in [0.15, 0.2) is 12.2 Å². The van der Waals surface area contributed by atoms with Crippen LogP contribution in [-0.4, -0.2) is 29.7 Å². The Morgan fingerprint density at radius 2 is 2.12 bits per heavy atom. The number of urea groups is 1. The number of carbonyl (C=O) groups is 2. The molecule has 0 bridgehead atoms. The minimum Gasteiger partial charge on any atom is -0.481 e. The van der Waals surface area contributed by atoms with Gasteiger partial charge in [-0.2, -0.15) is 0 Å². The Kier molecular flexibility index (Phi) is 6.14. The lowest BCUT2D eigenvalue weighted by Crippen LogP contribution is -2.42. The molecule has 0 saturated heterocycles. The molecule has 1 unspecified atom stereocenters. The van der Waals surface area contributed by atoms with E-state index in [1.807, 2.05) is 0 Å². The highest BCUT2D eigenvalue weighted by Gasteiger charge is 2.11. The first-order chi connectivity index (χ1) is 8.18. The van der Waals surface area contributed by atoms with Crippen LogP contribution in [0.2, 0.25) is 0 Å². The lowest BCUT2D eigenvalue weighted by Gasteiger charge is -2.19. The summed E-state index contributed by atoms with van der Waals surface area (Å²) in [4.78, 5) is 21.7. The molecule has 1 aliphatic carbocycles. The number of nitrogens with one attached hydrogen (secondary N) is 2. The van der Waals surface area contributed by atoms with Gasteiger partial charge in [-0.15, -0.1) is 0 Å². The van der Waals surface area contributed by atoms with E-state index in [9.17, 15) is 9.59 Å². The quantitative estimate of drug-likeness (QED) is 0.488. The molecule has 1 aliphatic rings. The summed E-state index contributed by atoms with van der Waals surface area (Å²) >= 11 is 0. The summed E-state index contributed by atoms with van der Waals surface area (Å²) in [5.41, 5.74) is 0. The summed E-state index contributed by atoms with van der Waals surface area (Å²) in [6, 6.07) is 0.0830. The van der Waals surface area contributed by atoms with Crippen molar-refractivity contribution in [2.45, 2.75) is 44.6 Å². The Labute approximate surface area is 101 Å². The van der Waals surface area contributed by atoms with Crippen LogP contribution in [0.5, 0.6) is 0 Å². The third-order valence-corrected chi connectivity index (χ3v) is 2.71. The van der Waals surface area contributed by atoms with Crippen molar-refractivity contribution in [2.75, 3.05) is 6.54 Å². The van der Waals surface area contributed by atoms with Gasteiger partial charge >= 0.3 is 12.0 Å². The smallest absolute Gasteiger partial charge is 0.315 e. The predicted octanol–water partition coefficient (Wildman–Crippen LogP) is 1.65. The molecule has 0 aromatic rings. The zero-order valence-corrected chi connectivity index (χ0v) is 9.95. The molecule has 0 aromatic carbocycles. The number of aliphatic carboxylic acids is 1. The van der Waals surface area contributed by atoms with E-state index in [4.69, 9.17) is 5.11 Å². The molecule has 1 rings (SSSR count). The summed E-state index contributed by atoms with van der Waals surface area (Å²) in [6.45, 7) is 0.529.